The lowest BCUT2D eigenvalue weighted by atomic mass is 10.1. The molecule has 0 aromatic rings. The molecular formula is C13H27N3. The lowest BCUT2D eigenvalue weighted by Crippen LogP contribution is -2.56. The Hall–Kier alpha value is -0.120. The van der Waals surface area contributed by atoms with Crippen LogP contribution in [0.2, 0.25) is 0 Å². The summed E-state index contributed by atoms with van der Waals surface area (Å²) in [7, 11) is 0. The molecule has 0 amide bonds. The van der Waals surface area contributed by atoms with Crippen molar-refractivity contribution in [3.8, 4) is 0 Å². The van der Waals surface area contributed by atoms with Crippen molar-refractivity contribution in [2.75, 3.05) is 39.3 Å². The first kappa shape index (κ1) is 12.3. The lowest BCUT2D eigenvalue weighted by Gasteiger charge is -2.39. The van der Waals surface area contributed by atoms with Crippen molar-refractivity contribution in [1.29, 1.82) is 0 Å². The molecule has 3 heteroatoms. The number of hydrogen-bond acceptors (Lipinski definition) is 3. The molecule has 0 bridgehead atoms. The van der Waals surface area contributed by atoms with E-state index in [1.165, 1.54) is 58.5 Å². The van der Waals surface area contributed by atoms with Crippen LogP contribution < -0.4 is 5.32 Å². The van der Waals surface area contributed by atoms with Crippen LogP contribution in [-0.2, 0) is 0 Å². The number of fused-ring (bicyclic) bond motifs is 1. The van der Waals surface area contributed by atoms with Gasteiger partial charge in [-0.05, 0) is 25.9 Å². The fourth-order valence-corrected chi connectivity index (χ4v) is 3.26. The van der Waals surface area contributed by atoms with E-state index in [2.05, 4.69) is 29.0 Å². The van der Waals surface area contributed by atoms with Crippen LogP contribution in [-0.4, -0.2) is 61.2 Å². The zero-order valence-corrected chi connectivity index (χ0v) is 10.9. The zero-order chi connectivity index (χ0) is 11.4. The van der Waals surface area contributed by atoms with Crippen LogP contribution in [0.4, 0.5) is 0 Å². The third-order valence-corrected chi connectivity index (χ3v) is 4.35. The summed E-state index contributed by atoms with van der Waals surface area (Å²) >= 11 is 0. The second-order valence-corrected chi connectivity index (χ2v) is 5.12. The van der Waals surface area contributed by atoms with Crippen LogP contribution in [0.15, 0.2) is 0 Å². The van der Waals surface area contributed by atoms with Gasteiger partial charge in [-0.2, -0.15) is 0 Å². The van der Waals surface area contributed by atoms with Gasteiger partial charge in [-0.1, -0.05) is 20.3 Å². The standard InChI is InChI=1S/C13H27N3/c1-3-15(4-2)10-11-16-9-8-14-12-6-5-7-13(12)16/h12-14H,3-11H2,1-2H3/t12-,13+/m1/s1. The molecule has 1 aliphatic heterocycles. The maximum absolute atomic E-state index is 3.67. The van der Waals surface area contributed by atoms with Gasteiger partial charge in [0.15, 0.2) is 0 Å². The first-order valence-corrected chi connectivity index (χ1v) is 7.05. The highest BCUT2D eigenvalue weighted by Gasteiger charge is 2.34. The Morgan fingerprint density at radius 3 is 2.81 bits per heavy atom. The Morgan fingerprint density at radius 1 is 1.25 bits per heavy atom. The Bertz CT molecular complexity index is 203. The summed E-state index contributed by atoms with van der Waals surface area (Å²) in [6.45, 7) is 11.9. The summed E-state index contributed by atoms with van der Waals surface area (Å²) in [6, 6.07) is 1.63. The molecule has 1 saturated carbocycles. The minimum atomic E-state index is 0.797. The Balaban J connectivity index is 1.79. The average Bonchev–Trinajstić information content (AvgIpc) is 2.79. The SMILES string of the molecule is CCN(CC)CCN1CCN[C@@H]2CCC[C@@H]21. The number of likely N-dealkylation sites (N-methyl/N-ethyl adjacent to an activating group) is 1. The molecule has 0 aromatic carbocycles. The van der Waals surface area contributed by atoms with Crippen molar-refractivity contribution in [2.24, 2.45) is 0 Å². The zero-order valence-electron chi connectivity index (χ0n) is 10.9. The molecule has 2 fully saturated rings. The van der Waals surface area contributed by atoms with Crippen LogP contribution in [0.5, 0.6) is 0 Å². The molecule has 1 saturated heterocycles. The molecular weight excluding hydrogens is 198 g/mol. The van der Waals surface area contributed by atoms with E-state index in [4.69, 9.17) is 0 Å². The van der Waals surface area contributed by atoms with Gasteiger partial charge in [0.1, 0.15) is 0 Å². The Labute approximate surface area is 100 Å². The quantitative estimate of drug-likeness (QED) is 0.757. The minimum Gasteiger partial charge on any atom is -0.311 e. The van der Waals surface area contributed by atoms with Gasteiger partial charge in [0, 0.05) is 38.3 Å². The third kappa shape index (κ3) is 2.76. The molecule has 0 spiro atoms. The monoisotopic (exact) mass is 225 g/mol. The van der Waals surface area contributed by atoms with Crippen molar-refractivity contribution in [2.45, 2.75) is 45.2 Å². The summed E-state index contributed by atoms with van der Waals surface area (Å²) in [5.41, 5.74) is 0. The van der Waals surface area contributed by atoms with Gasteiger partial charge in [-0.3, -0.25) is 4.90 Å². The highest BCUT2D eigenvalue weighted by Crippen LogP contribution is 2.26. The van der Waals surface area contributed by atoms with Gasteiger partial charge >= 0.3 is 0 Å². The smallest absolute Gasteiger partial charge is 0.0250 e. The third-order valence-electron chi connectivity index (χ3n) is 4.35. The van der Waals surface area contributed by atoms with Crippen molar-refractivity contribution >= 4 is 0 Å². The largest absolute Gasteiger partial charge is 0.311 e. The summed E-state index contributed by atoms with van der Waals surface area (Å²) in [4.78, 5) is 5.26. The maximum atomic E-state index is 3.67. The first-order valence-electron chi connectivity index (χ1n) is 7.05. The topological polar surface area (TPSA) is 18.5 Å². The molecule has 1 heterocycles. The van der Waals surface area contributed by atoms with Crippen LogP contribution in [0.25, 0.3) is 0 Å². The van der Waals surface area contributed by atoms with E-state index in [0.717, 1.165) is 12.1 Å². The molecule has 2 rings (SSSR count). The molecule has 94 valence electrons. The summed E-state index contributed by atoms with van der Waals surface area (Å²) in [5.74, 6) is 0. The van der Waals surface area contributed by atoms with E-state index in [0.29, 0.717) is 0 Å². The van der Waals surface area contributed by atoms with Gasteiger partial charge in [-0.15, -0.1) is 0 Å². The highest BCUT2D eigenvalue weighted by atomic mass is 15.3. The second kappa shape index (κ2) is 5.99. The predicted octanol–water partition coefficient (Wildman–Crippen LogP) is 1.15. The lowest BCUT2D eigenvalue weighted by molar-refractivity contribution is 0.119. The molecule has 2 aliphatic rings. The van der Waals surface area contributed by atoms with E-state index in [9.17, 15) is 0 Å². The Kier molecular flexibility index (Phi) is 4.62. The molecule has 1 N–H and O–H groups in total. The predicted molar refractivity (Wildman–Crippen MR) is 68.8 cm³/mol. The van der Waals surface area contributed by atoms with Crippen LogP contribution in [0, 0.1) is 0 Å². The molecule has 0 radical (unpaired) electrons. The van der Waals surface area contributed by atoms with Gasteiger partial charge in [0.2, 0.25) is 0 Å². The maximum Gasteiger partial charge on any atom is 0.0250 e. The number of rotatable bonds is 5. The van der Waals surface area contributed by atoms with Crippen molar-refractivity contribution in [3.05, 3.63) is 0 Å². The van der Waals surface area contributed by atoms with Gasteiger partial charge in [0.25, 0.3) is 0 Å². The fraction of sp³-hybridized carbons (Fsp3) is 1.00. The Morgan fingerprint density at radius 2 is 2.06 bits per heavy atom. The van der Waals surface area contributed by atoms with E-state index in [1.807, 2.05) is 0 Å². The van der Waals surface area contributed by atoms with Crippen molar-refractivity contribution in [3.63, 3.8) is 0 Å². The first-order chi connectivity index (χ1) is 7.85. The van der Waals surface area contributed by atoms with Gasteiger partial charge < -0.3 is 10.2 Å². The van der Waals surface area contributed by atoms with E-state index < -0.39 is 0 Å². The minimum absolute atomic E-state index is 0.797. The van der Waals surface area contributed by atoms with Crippen LogP contribution >= 0.6 is 0 Å². The summed E-state index contributed by atoms with van der Waals surface area (Å²) in [5, 5.41) is 3.67. The van der Waals surface area contributed by atoms with Crippen LogP contribution in [0.3, 0.4) is 0 Å². The number of piperazine rings is 1. The second-order valence-electron chi connectivity index (χ2n) is 5.12. The van der Waals surface area contributed by atoms with Crippen molar-refractivity contribution in [1.82, 2.24) is 15.1 Å². The van der Waals surface area contributed by atoms with E-state index in [1.54, 1.807) is 0 Å². The fourth-order valence-electron chi connectivity index (χ4n) is 3.26. The normalized spacial score (nSPS) is 30.9. The van der Waals surface area contributed by atoms with Crippen LogP contribution in [0.1, 0.15) is 33.1 Å². The average molecular weight is 225 g/mol. The molecule has 1 aliphatic carbocycles. The van der Waals surface area contributed by atoms with Crippen molar-refractivity contribution < 1.29 is 0 Å². The van der Waals surface area contributed by atoms with E-state index in [-0.39, 0.29) is 0 Å². The van der Waals surface area contributed by atoms with Gasteiger partial charge in [0.05, 0.1) is 0 Å². The summed E-state index contributed by atoms with van der Waals surface area (Å²) in [6.07, 6.45) is 4.23. The van der Waals surface area contributed by atoms with Gasteiger partial charge in [-0.25, -0.2) is 0 Å². The molecule has 0 unspecified atom stereocenters. The van der Waals surface area contributed by atoms with E-state index >= 15 is 0 Å². The highest BCUT2D eigenvalue weighted by molar-refractivity contribution is 4.94. The summed E-state index contributed by atoms with van der Waals surface area (Å²) < 4.78 is 0. The number of nitrogens with zero attached hydrogens (tertiary/aromatic N) is 2. The molecule has 0 aromatic heterocycles. The number of hydrogen-bond donors (Lipinski definition) is 1. The molecule has 2 atom stereocenters. The molecule has 16 heavy (non-hydrogen) atoms. The molecule has 3 nitrogen and oxygen atoms in total. The number of nitrogens with one attached hydrogen (secondary N) is 1.